The minimum absolute atomic E-state index is 0.0875. The van der Waals surface area contributed by atoms with E-state index in [-0.39, 0.29) is 25.4 Å². The SMILES string of the molecule is O=S(=O)(c1ccc(F)c(Cl)c1)c1cnc2cc(F)ccc2c1Cl. The monoisotopic (exact) mass is 373 g/mol. The van der Waals surface area contributed by atoms with Crippen molar-refractivity contribution in [2.24, 2.45) is 0 Å². The van der Waals surface area contributed by atoms with E-state index in [4.69, 9.17) is 23.2 Å². The van der Waals surface area contributed by atoms with Crippen LogP contribution >= 0.6 is 23.2 Å². The van der Waals surface area contributed by atoms with Gasteiger partial charge >= 0.3 is 0 Å². The van der Waals surface area contributed by atoms with Crippen LogP contribution in [0, 0.1) is 11.6 Å². The number of nitrogens with zero attached hydrogens (tertiary/aromatic N) is 1. The van der Waals surface area contributed by atoms with Crippen LogP contribution in [0.15, 0.2) is 52.4 Å². The van der Waals surface area contributed by atoms with E-state index in [2.05, 4.69) is 4.98 Å². The van der Waals surface area contributed by atoms with Gasteiger partial charge in [0.2, 0.25) is 9.84 Å². The van der Waals surface area contributed by atoms with E-state index in [0.717, 1.165) is 36.5 Å². The maximum absolute atomic E-state index is 13.2. The standard InChI is InChI=1S/C15H7Cl2F2NO2S/c16-11-6-9(2-4-12(11)19)23(21,22)14-7-20-13-5-8(18)1-3-10(13)15(14)17/h1-7H. The fourth-order valence-electron chi connectivity index (χ4n) is 2.07. The van der Waals surface area contributed by atoms with E-state index in [9.17, 15) is 17.2 Å². The smallest absolute Gasteiger partial charge is 0.209 e. The van der Waals surface area contributed by atoms with E-state index in [1.54, 1.807) is 0 Å². The van der Waals surface area contributed by atoms with E-state index >= 15 is 0 Å². The van der Waals surface area contributed by atoms with Crippen LogP contribution in [0.2, 0.25) is 10.0 Å². The van der Waals surface area contributed by atoms with E-state index in [1.165, 1.54) is 6.07 Å². The van der Waals surface area contributed by atoms with Crippen LogP contribution in [0.1, 0.15) is 0 Å². The zero-order valence-corrected chi connectivity index (χ0v) is 13.6. The Kier molecular flexibility index (Phi) is 4.00. The first-order chi connectivity index (χ1) is 10.8. The lowest BCUT2D eigenvalue weighted by molar-refractivity contribution is 0.594. The zero-order chi connectivity index (χ0) is 16.8. The third-order valence-corrected chi connectivity index (χ3v) is 5.80. The van der Waals surface area contributed by atoms with Crippen molar-refractivity contribution in [3.05, 3.63) is 64.3 Å². The van der Waals surface area contributed by atoms with Gasteiger partial charge in [-0.25, -0.2) is 17.2 Å². The van der Waals surface area contributed by atoms with Crippen molar-refractivity contribution in [2.45, 2.75) is 9.79 Å². The maximum atomic E-state index is 13.2. The van der Waals surface area contributed by atoms with Gasteiger partial charge < -0.3 is 0 Å². The molecule has 0 unspecified atom stereocenters. The van der Waals surface area contributed by atoms with Gasteiger partial charge in [-0.3, -0.25) is 4.98 Å². The molecule has 1 heterocycles. The summed E-state index contributed by atoms with van der Waals surface area (Å²) in [4.78, 5) is 3.45. The Hall–Kier alpha value is -1.76. The quantitative estimate of drug-likeness (QED) is 0.614. The van der Waals surface area contributed by atoms with Gasteiger partial charge in [0.25, 0.3) is 0 Å². The lowest BCUT2D eigenvalue weighted by atomic mass is 10.2. The predicted molar refractivity (Wildman–Crippen MR) is 83.6 cm³/mol. The third kappa shape index (κ3) is 2.78. The number of fused-ring (bicyclic) bond motifs is 1. The van der Waals surface area contributed by atoms with Crippen LogP contribution < -0.4 is 0 Å². The number of halogens is 4. The number of sulfone groups is 1. The average Bonchev–Trinajstić information content (AvgIpc) is 2.49. The van der Waals surface area contributed by atoms with E-state index in [1.807, 2.05) is 0 Å². The molecular formula is C15H7Cl2F2NO2S. The summed E-state index contributed by atoms with van der Waals surface area (Å²) in [6.45, 7) is 0. The second kappa shape index (κ2) is 5.70. The fourth-order valence-corrected chi connectivity index (χ4v) is 4.14. The highest BCUT2D eigenvalue weighted by molar-refractivity contribution is 7.91. The summed E-state index contributed by atoms with van der Waals surface area (Å²) in [6.07, 6.45) is 1.04. The van der Waals surface area contributed by atoms with Gasteiger partial charge in [-0.1, -0.05) is 23.2 Å². The number of hydrogen-bond acceptors (Lipinski definition) is 3. The number of pyridine rings is 1. The number of aromatic nitrogens is 1. The van der Waals surface area contributed by atoms with Gasteiger partial charge in [0.1, 0.15) is 16.5 Å². The average molecular weight is 374 g/mol. The van der Waals surface area contributed by atoms with Crippen molar-refractivity contribution in [3.8, 4) is 0 Å². The molecule has 3 aromatic rings. The molecule has 0 saturated carbocycles. The Bertz CT molecular complexity index is 1040. The largest absolute Gasteiger partial charge is 0.255 e. The maximum Gasteiger partial charge on any atom is 0.209 e. The summed E-state index contributed by atoms with van der Waals surface area (Å²) < 4.78 is 51.7. The third-order valence-electron chi connectivity index (χ3n) is 3.22. The first-order valence-corrected chi connectivity index (χ1v) is 8.48. The normalized spacial score (nSPS) is 11.8. The molecule has 0 saturated heterocycles. The van der Waals surface area contributed by atoms with Gasteiger partial charge in [0, 0.05) is 17.6 Å². The second-order valence-corrected chi connectivity index (χ2v) is 7.38. The Morgan fingerprint density at radius 3 is 2.43 bits per heavy atom. The predicted octanol–water partition coefficient (Wildman–Crippen LogP) is 4.65. The highest BCUT2D eigenvalue weighted by Gasteiger charge is 2.24. The molecule has 0 fully saturated rings. The molecule has 2 aromatic carbocycles. The Morgan fingerprint density at radius 2 is 1.74 bits per heavy atom. The van der Waals surface area contributed by atoms with Crippen LogP contribution in [-0.2, 0) is 9.84 Å². The fraction of sp³-hybridized carbons (Fsp3) is 0. The van der Waals surface area contributed by atoms with Crippen molar-refractivity contribution >= 4 is 43.9 Å². The molecule has 0 aliphatic heterocycles. The van der Waals surface area contributed by atoms with Crippen molar-refractivity contribution < 1.29 is 17.2 Å². The Morgan fingerprint density at radius 1 is 1.00 bits per heavy atom. The molecule has 0 amide bonds. The second-order valence-electron chi connectivity index (χ2n) is 4.68. The summed E-state index contributed by atoms with van der Waals surface area (Å²) in [6, 6.07) is 6.68. The molecule has 0 N–H and O–H groups in total. The van der Waals surface area contributed by atoms with Gasteiger partial charge in [-0.15, -0.1) is 0 Å². The molecule has 0 atom stereocenters. The van der Waals surface area contributed by atoms with Crippen molar-refractivity contribution in [1.82, 2.24) is 4.98 Å². The van der Waals surface area contributed by atoms with Gasteiger partial charge in [-0.05, 0) is 30.3 Å². The molecular weight excluding hydrogens is 367 g/mol. The van der Waals surface area contributed by atoms with Crippen LogP contribution in [0.5, 0.6) is 0 Å². The van der Waals surface area contributed by atoms with Gasteiger partial charge in [-0.2, -0.15) is 0 Å². The summed E-state index contributed by atoms with van der Waals surface area (Å²) in [7, 11) is -4.05. The molecule has 0 spiro atoms. The minimum atomic E-state index is -4.05. The van der Waals surface area contributed by atoms with Crippen molar-refractivity contribution in [3.63, 3.8) is 0 Å². The first-order valence-electron chi connectivity index (χ1n) is 6.24. The first kappa shape index (κ1) is 16.1. The van der Waals surface area contributed by atoms with E-state index in [0.29, 0.717) is 5.39 Å². The molecule has 23 heavy (non-hydrogen) atoms. The van der Waals surface area contributed by atoms with Crippen LogP contribution in [-0.4, -0.2) is 13.4 Å². The molecule has 3 rings (SSSR count). The number of benzene rings is 2. The number of rotatable bonds is 2. The summed E-state index contributed by atoms with van der Waals surface area (Å²) in [5, 5.41) is -0.115. The molecule has 118 valence electrons. The lowest BCUT2D eigenvalue weighted by Gasteiger charge is -2.09. The van der Waals surface area contributed by atoms with Crippen LogP contribution in [0.4, 0.5) is 8.78 Å². The van der Waals surface area contributed by atoms with Crippen LogP contribution in [0.25, 0.3) is 10.9 Å². The van der Waals surface area contributed by atoms with Crippen molar-refractivity contribution in [1.29, 1.82) is 0 Å². The molecule has 0 bridgehead atoms. The van der Waals surface area contributed by atoms with Crippen molar-refractivity contribution in [2.75, 3.05) is 0 Å². The molecule has 1 aromatic heterocycles. The minimum Gasteiger partial charge on any atom is -0.255 e. The Balaban J connectivity index is 2.24. The molecule has 0 aliphatic rings. The highest BCUT2D eigenvalue weighted by atomic mass is 35.5. The molecule has 8 heteroatoms. The summed E-state index contributed by atoms with van der Waals surface area (Å²) in [5.41, 5.74) is 0.228. The topological polar surface area (TPSA) is 47.0 Å². The molecule has 3 nitrogen and oxygen atoms in total. The van der Waals surface area contributed by atoms with Gasteiger partial charge in [0.15, 0.2) is 0 Å². The highest BCUT2D eigenvalue weighted by Crippen LogP contribution is 2.33. The summed E-state index contributed by atoms with van der Waals surface area (Å²) >= 11 is 11.8. The Labute approximate surface area is 140 Å². The summed E-state index contributed by atoms with van der Waals surface area (Å²) in [5.74, 6) is -1.24. The molecule has 0 aliphatic carbocycles. The lowest BCUT2D eigenvalue weighted by Crippen LogP contribution is -2.04. The zero-order valence-electron chi connectivity index (χ0n) is 11.2. The number of hydrogen-bond donors (Lipinski definition) is 0. The van der Waals surface area contributed by atoms with Gasteiger partial charge in [0.05, 0.1) is 20.5 Å². The molecule has 0 radical (unpaired) electrons. The van der Waals surface area contributed by atoms with Crippen LogP contribution in [0.3, 0.4) is 0 Å². The van der Waals surface area contributed by atoms with E-state index < -0.39 is 21.5 Å².